The number of nitrogens with zero attached hydrogens (tertiary/aromatic N) is 1. The van der Waals surface area contributed by atoms with Crippen LogP contribution in [-0.2, 0) is 4.79 Å². The van der Waals surface area contributed by atoms with Crippen molar-refractivity contribution in [2.75, 3.05) is 4.90 Å². The number of hydrogen-bond donors (Lipinski definition) is 1. The van der Waals surface area contributed by atoms with Gasteiger partial charge in [-0.15, -0.1) is 12.4 Å². The molecule has 1 aliphatic carbocycles. The molecule has 1 fully saturated rings. The van der Waals surface area contributed by atoms with Crippen LogP contribution >= 0.6 is 12.4 Å². The molecule has 0 aliphatic heterocycles. The summed E-state index contributed by atoms with van der Waals surface area (Å²) in [6.45, 7) is 1.50. The van der Waals surface area contributed by atoms with Crippen LogP contribution in [0.3, 0.4) is 0 Å². The summed E-state index contributed by atoms with van der Waals surface area (Å²) >= 11 is 0. The molecule has 0 spiro atoms. The minimum Gasteiger partial charge on any atom is -0.370 e. The van der Waals surface area contributed by atoms with Crippen molar-refractivity contribution < 1.29 is 9.90 Å². The molecule has 1 amide bonds. The molecular weight excluding hydrogens is 238 g/mol. The van der Waals surface area contributed by atoms with Gasteiger partial charge in [0.15, 0.2) is 0 Å². The Labute approximate surface area is 108 Å². The predicted molar refractivity (Wildman–Crippen MR) is 70.3 cm³/mol. The van der Waals surface area contributed by atoms with Gasteiger partial charge in [-0.25, -0.2) is 0 Å². The SMILES string of the molecule is CC(=O)N(c1ccccc1)C1(O)CCCC1.Cl. The van der Waals surface area contributed by atoms with Crippen molar-refractivity contribution in [2.24, 2.45) is 0 Å². The second-order valence-electron chi connectivity index (χ2n) is 4.38. The molecule has 0 saturated heterocycles. The number of halogens is 1. The zero-order valence-electron chi connectivity index (χ0n) is 9.93. The summed E-state index contributed by atoms with van der Waals surface area (Å²) in [6, 6.07) is 9.38. The predicted octanol–water partition coefficient (Wildman–Crippen LogP) is 2.72. The van der Waals surface area contributed by atoms with E-state index in [0.717, 1.165) is 18.5 Å². The van der Waals surface area contributed by atoms with E-state index in [1.807, 2.05) is 30.3 Å². The summed E-state index contributed by atoms with van der Waals surface area (Å²) in [4.78, 5) is 13.2. The molecule has 0 radical (unpaired) electrons. The molecule has 4 heteroatoms. The maximum absolute atomic E-state index is 11.7. The van der Waals surface area contributed by atoms with Gasteiger partial charge < -0.3 is 5.11 Å². The smallest absolute Gasteiger partial charge is 0.226 e. The Kier molecular flexibility index (Phi) is 4.54. The molecule has 2 rings (SSSR count). The summed E-state index contributed by atoms with van der Waals surface area (Å²) in [5.41, 5.74) is -0.202. The maximum Gasteiger partial charge on any atom is 0.226 e. The summed E-state index contributed by atoms with van der Waals surface area (Å²) in [5, 5.41) is 10.5. The third-order valence-corrected chi connectivity index (χ3v) is 3.15. The van der Waals surface area contributed by atoms with Crippen LogP contribution in [0.4, 0.5) is 5.69 Å². The van der Waals surface area contributed by atoms with Gasteiger partial charge in [-0.1, -0.05) is 18.2 Å². The van der Waals surface area contributed by atoms with E-state index < -0.39 is 5.72 Å². The van der Waals surface area contributed by atoms with Crippen LogP contribution in [0.5, 0.6) is 0 Å². The van der Waals surface area contributed by atoms with Gasteiger partial charge in [0, 0.05) is 12.6 Å². The average Bonchev–Trinajstić information content (AvgIpc) is 2.67. The zero-order chi connectivity index (χ0) is 11.6. The van der Waals surface area contributed by atoms with Gasteiger partial charge in [0.05, 0.1) is 0 Å². The average molecular weight is 256 g/mol. The van der Waals surface area contributed by atoms with E-state index >= 15 is 0 Å². The fourth-order valence-electron chi connectivity index (χ4n) is 2.46. The molecule has 0 unspecified atom stereocenters. The zero-order valence-corrected chi connectivity index (χ0v) is 10.7. The lowest BCUT2D eigenvalue weighted by Crippen LogP contribution is -2.49. The first-order valence-electron chi connectivity index (χ1n) is 5.72. The van der Waals surface area contributed by atoms with Gasteiger partial charge in [-0.05, 0) is 37.8 Å². The third kappa shape index (κ3) is 2.79. The quantitative estimate of drug-likeness (QED) is 0.826. The Morgan fingerprint density at radius 3 is 2.24 bits per heavy atom. The van der Waals surface area contributed by atoms with Gasteiger partial charge in [-0.2, -0.15) is 0 Å². The van der Waals surface area contributed by atoms with E-state index in [4.69, 9.17) is 0 Å². The van der Waals surface area contributed by atoms with Crippen molar-refractivity contribution >= 4 is 24.0 Å². The lowest BCUT2D eigenvalue weighted by molar-refractivity contribution is -0.121. The number of aliphatic hydroxyl groups is 1. The molecule has 94 valence electrons. The first-order chi connectivity index (χ1) is 7.63. The molecule has 0 bridgehead atoms. The second-order valence-corrected chi connectivity index (χ2v) is 4.38. The largest absolute Gasteiger partial charge is 0.370 e. The molecular formula is C13H18ClNO2. The van der Waals surface area contributed by atoms with Gasteiger partial charge in [0.1, 0.15) is 5.72 Å². The molecule has 1 saturated carbocycles. The van der Waals surface area contributed by atoms with Crippen molar-refractivity contribution in [3.05, 3.63) is 30.3 Å². The normalized spacial score (nSPS) is 17.3. The number of para-hydroxylation sites is 1. The van der Waals surface area contributed by atoms with Crippen LogP contribution in [0.15, 0.2) is 30.3 Å². The topological polar surface area (TPSA) is 40.5 Å². The first kappa shape index (κ1) is 14.0. The number of rotatable bonds is 2. The Morgan fingerprint density at radius 1 is 1.24 bits per heavy atom. The number of anilines is 1. The van der Waals surface area contributed by atoms with E-state index in [-0.39, 0.29) is 18.3 Å². The van der Waals surface area contributed by atoms with Crippen molar-refractivity contribution in [1.82, 2.24) is 0 Å². The number of benzene rings is 1. The van der Waals surface area contributed by atoms with Crippen molar-refractivity contribution in [3.63, 3.8) is 0 Å². The van der Waals surface area contributed by atoms with E-state index in [9.17, 15) is 9.90 Å². The monoisotopic (exact) mass is 255 g/mol. The van der Waals surface area contributed by atoms with E-state index in [1.165, 1.54) is 11.8 Å². The number of amides is 1. The molecule has 17 heavy (non-hydrogen) atoms. The lowest BCUT2D eigenvalue weighted by atomic mass is 10.1. The number of hydrogen-bond acceptors (Lipinski definition) is 2. The summed E-state index contributed by atoms with van der Waals surface area (Å²) in [7, 11) is 0. The van der Waals surface area contributed by atoms with Crippen molar-refractivity contribution in [3.8, 4) is 0 Å². The van der Waals surface area contributed by atoms with Crippen molar-refractivity contribution in [2.45, 2.75) is 38.3 Å². The highest BCUT2D eigenvalue weighted by atomic mass is 35.5. The van der Waals surface area contributed by atoms with Crippen molar-refractivity contribution in [1.29, 1.82) is 0 Å². The number of carbonyl (C=O) groups excluding carboxylic acids is 1. The minimum absolute atomic E-state index is 0. The van der Waals surface area contributed by atoms with Crippen LogP contribution in [0, 0.1) is 0 Å². The van der Waals surface area contributed by atoms with Gasteiger partial charge in [0.2, 0.25) is 5.91 Å². The second kappa shape index (κ2) is 5.52. The molecule has 1 aromatic rings. The molecule has 0 atom stereocenters. The van der Waals surface area contributed by atoms with E-state index in [2.05, 4.69) is 0 Å². The summed E-state index contributed by atoms with van der Waals surface area (Å²) < 4.78 is 0. The Bertz CT molecular complexity index is 374. The number of carbonyl (C=O) groups is 1. The van der Waals surface area contributed by atoms with Gasteiger partial charge in [-0.3, -0.25) is 9.69 Å². The summed E-state index contributed by atoms with van der Waals surface area (Å²) in [6.07, 6.45) is 3.29. The maximum atomic E-state index is 11.7. The van der Waals surface area contributed by atoms with E-state index in [0.29, 0.717) is 12.8 Å². The van der Waals surface area contributed by atoms with Crippen LogP contribution in [0.25, 0.3) is 0 Å². The highest BCUT2D eigenvalue weighted by molar-refractivity contribution is 5.92. The van der Waals surface area contributed by atoms with Crippen LogP contribution in [0.2, 0.25) is 0 Å². The standard InChI is InChI=1S/C13H17NO2.ClH/c1-11(15)14(12-7-3-2-4-8-12)13(16)9-5-6-10-13;/h2-4,7-8,16H,5-6,9-10H2,1H3;1H. The third-order valence-electron chi connectivity index (χ3n) is 3.15. The highest BCUT2D eigenvalue weighted by Crippen LogP contribution is 2.36. The summed E-state index contributed by atoms with van der Waals surface area (Å²) in [5.74, 6) is -0.101. The Balaban J connectivity index is 0.00000144. The van der Waals surface area contributed by atoms with Gasteiger partial charge in [0.25, 0.3) is 0 Å². The fourth-order valence-corrected chi connectivity index (χ4v) is 2.46. The first-order valence-corrected chi connectivity index (χ1v) is 5.72. The molecule has 0 heterocycles. The molecule has 0 aromatic heterocycles. The Morgan fingerprint density at radius 2 is 1.76 bits per heavy atom. The molecule has 1 aromatic carbocycles. The molecule has 1 aliphatic rings. The van der Waals surface area contributed by atoms with E-state index in [1.54, 1.807) is 0 Å². The lowest BCUT2D eigenvalue weighted by Gasteiger charge is -2.36. The van der Waals surface area contributed by atoms with Crippen LogP contribution in [-0.4, -0.2) is 16.7 Å². The molecule has 3 nitrogen and oxygen atoms in total. The fraction of sp³-hybridized carbons (Fsp3) is 0.462. The van der Waals surface area contributed by atoms with Gasteiger partial charge >= 0.3 is 0 Å². The minimum atomic E-state index is -0.979. The Hall–Kier alpha value is -1.06. The van der Waals surface area contributed by atoms with Crippen LogP contribution in [0.1, 0.15) is 32.6 Å². The van der Waals surface area contributed by atoms with Crippen LogP contribution < -0.4 is 4.90 Å². The molecule has 1 N–H and O–H groups in total. The highest BCUT2D eigenvalue weighted by Gasteiger charge is 2.39.